The van der Waals surface area contributed by atoms with E-state index in [-0.39, 0.29) is 24.0 Å². The lowest BCUT2D eigenvalue weighted by Crippen LogP contribution is -2.52. The molecule has 0 unspecified atom stereocenters. The number of nitrogens with one attached hydrogen (secondary N) is 1. The van der Waals surface area contributed by atoms with Gasteiger partial charge in [0.25, 0.3) is 0 Å². The van der Waals surface area contributed by atoms with E-state index in [1.807, 2.05) is 13.0 Å². The summed E-state index contributed by atoms with van der Waals surface area (Å²) in [7, 11) is 3.34. The maximum Gasteiger partial charge on any atom is 0.194 e. The van der Waals surface area contributed by atoms with Crippen LogP contribution >= 0.6 is 35.3 Å². The molecule has 0 aliphatic carbocycles. The van der Waals surface area contributed by atoms with Crippen LogP contribution < -0.4 is 14.8 Å². The van der Waals surface area contributed by atoms with Gasteiger partial charge in [-0.3, -0.25) is 4.90 Å². The second-order valence-electron chi connectivity index (χ2n) is 7.36. The number of hydrogen-bond donors (Lipinski definition) is 1. The number of hydrogen-bond acceptors (Lipinski definition) is 6. The van der Waals surface area contributed by atoms with Crippen LogP contribution in [0.1, 0.15) is 28.1 Å². The van der Waals surface area contributed by atoms with Gasteiger partial charge in [0.1, 0.15) is 0 Å². The lowest BCUT2D eigenvalue weighted by molar-refractivity contribution is 0.172. The molecule has 0 saturated carbocycles. The first-order valence-electron chi connectivity index (χ1n) is 10.4. The molecule has 0 radical (unpaired) electrons. The Morgan fingerprint density at radius 2 is 1.84 bits per heavy atom. The van der Waals surface area contributed by atoms with Crippen LogP contribution in [0.4, 0.5) is 0 Å². The van der Waals surface area contributed by atoms with Crippen LogP contribution in [0.2, 0.25) is 0 Å². The predicted octanol–water partition coefficient (Wildman–Crippen LogP) is 3.68. The Morgan fingerprint density at radius 3 is 2.42 bits per heavy atom. The number of nitrogens with zero attached hydrogens (tertiary/aromatic N) is 4. The largest absolute Gasteiger partial charge is 0.493 e. The van der Waals surface area contributed by atoms with Gasteiger partial charge >= 0.3 is 0 Å². The van der Waals surface area contributed by atoms with E-state index in [4.69, 9.17) is 14.5 Å². The summed E-state index contributed by atoms with van der Waals surface area (Å²) in [5, 5.41) is 4.56. The van der Waals surface area contributed by atoms with Crippen molar-refractivity contribution >= 4 is 41.3 Å². The summed E-state index contributed by atoms with van der Waals surface area (Å²) < 4.78 is 10.8. The zero-order chi connectivity index (χ0) is 21.5. The number of aromatic nitrogens is 1. The molecule has 1 aromatic heterocycles. The second kappa shape index (κ2) is 12.4. The van der Waals surface area contributed by atoms with Crippen molar-refractivity contribution in [1.82, 2.24) is 20.1 Å². The average Bonchev–Trinajstić information content (AvgIpc) is 3.08. The maximum atomic E-state index is 5.44. The Hall–Kier alpha value is -1.59. The Labute approximate surface area is 206 Å². The van der Waals surface area contributed by atoms with Gasteiger partial charge in [0.05, 0.1) is 31.5 Å². The first kappa shape index (κ1) is 25.7. The molecule has 0 bridgehead atoms. The second-order valence-corrected chi connectivity index (χ2v) is 8.65. The minimum Gasteiger partial charge on any atom is -0.493 e. The average molecular weight is 560 g/mol. The van der Waals surface area contributed by atoms with Crippen LogP contribution in [0.3, 0.4) is 0 Å². The van der Waals surface area contributed by atoms with Gasteiger partial charge in [0.15, 0.2) is 17.5 Å². The van der Waals surface area contributed by atoms with E-state index < -0.39 is 0 Å². The molecular weight excluding hydrogens is 525 g/mol. The van der Waals surface area contributed by atoms with Crippen LogP contribution in [0.25, 0.3) is 0 Å². The number of benzene rings is 1. The molecule has 31 heavy (non-hydrogen) atoms. The molecule has 1 saturated heterocycles. The first-order chi connectivity index (χ1) is 14.5. The molecule has 1 fully saturated rings. The number of halogens is 1. The summed E-state index contributed by atoms with van der Waals surface area (Å²) in [6.45, 7) is 12.6. The fourth-order valence-corrected chi connectivity index (χ4v) is 4.51. The fourth-order valence-electron chi connectivity index (χ4n) is 3.65. The summed E-state index contributed by atoms with van der Waals surface area (Å²) in [5.41, 5.74) is 2.33. The molecule has 172 valence electrons. The smallest absolute Gasteiger partial charge is 0.194 e. The molecule has 1 N–H and O–H groups in total. The van der Waals surface area contributed by atoms with Gasteiger partial charge in [-0.25, -0.2) is 9.98 Å². The van der Waals surface area contributed by atoms with Crippen molar-refractivity contribution in [2.45, 2.75) is 33.9 Å². The SMILES string of the molecule is CCNC(=NCc1sc(C)nc1C)N1CCN(Cc2ccc(OC)c(OC)c2)CC1.I. The van der Waals surface area contributed by atoms with Gasteiger partial charge in [0.2, 0.25) is 0 Å². The highest BCUT2D eigenvalue weighted by atomic mass is 127. The van der Waals surface area contributed by atoms with Crippen molar-refractivity contribution in [3.8, 4) is 11.5 Å². The van der Waals surface area contributed by atoms with Crippen molar-refractivity contribution in [1.29, 1.82) is 0 Å². The van der Waals surface area contributed by atoms with Gasteiger partial charge in [-0.05, 0) is 38.5 Å². The third-order valence-electron chi connectivity index (χ3n) is 5.23. The first-order valence-corrected chi connectivity index (χ1v) is 11.2. The minimum absolute atomic E-state index is 0. The van der Waals surface area contributed by atoms with Gasteiger partial charge in [-0.15, -0.1) is 35.3 Å². The zero-order valence-electron chi connectivity index (χ0n) is 19.1. The predicted molar refractivity (Wildman–Crippen MR) is 138 cm³/mol. The fraction of sp³-hybridized carbons (Fsp3) is 0.545. The van der Waals surface area contributed by atoms with Crippen LogP contribution in [0, 0.1) is 13.8 Å². The lowest BCUT2D eigenvalue weighted by Gasteiger charge is -2.36. The van der Waals surface area contributed by atoms with Crippen molar-refractivity contribution < 1.29 is 9.47 Å². The number of ether oxygens (including phenoxy) is 2. The van der Waals surface area contributed by atoms with Crippen LogP contribution in [0.15, 0.2) is 23.2 Å². The third-order valence-corrected chi connectivity index (χ3v) is 6.29. The molecule has 2 aromatic rings. The van der Waals surface area contributed by atoms with Crippen molar-refractivity contribution in [2.75, 3.05) is 46.9 Å². The third kappa shape index (κ3) is 6.95. The molecule has 1 aromatic carbocycles. The van der Waals surface area contributed by atoms with Crippen molar-refractivity contribution in [3.63, 3.8) is 0 Å². The van der Waals surface area contributed by atoms with Crippen LogP contribution in [-0.4, -0.2) is 67.7 Å². The van der Waals surface area contributed by atoms with E-state index in [1.54, 1.807) is 25.6 Å². The zero-order valence-corrected chi connectivity index (χ0v) is 22.3. The number of aliphatic imine (C=N–C) groups is 1. The lowest BCUT2D eigenvalue weighted by atomic mass is 10.1. The number of aryl methyl sites for hydroxylation is 2. The van der Waals surface area contributed by atoms with Gasteiger partial charge < -0.3 is 19.7 Å². The quantitative estimate of drug-likeness (QED) is 0.318. The number of thiazole rings is 1. The number of guanidine groups is 1. The highest BCUT2D eigenvalue weighted by molar-refractivity contribution is 14.0. The highest BCUT2D eigenvalue weighted by Gasteiger charge is 2.20. The number of rotatable bonds is 7. The van der Waals surface area contributed by atoms with Crippen molar-refractivity contribution in [3.05, 3.63) is 39.3 Å². The van der Waals surface area contributed by atoms with E-state index in [0.717, 1.165) is 67.4 Å². The van der Waals surface area contributed by atoms with Gasteiger partial charge in [-0.2, -0.15) is 0 Å². The number of piperazine rings is 1. The summed E-state index contributed by atoms with van der Waals surface area (Å²) in [6.07, 6.45) is 0. The monoisotopic (exact) mass is 559 g/mol. The maximum absolute atomic E-state index is 5.44. The summed E-state index contributed by atoms with van der Waals surface area (Å²) in [5.74, 6) is 2.54. The van der Waals surface area contributed by atoms with Gasteiger partial charge in [0, 0.05) is 44.1 Å². The molecule has 9 heteroatoms. The van der Waals surface area contributed by atoms with Crippen LogP contribution in [-0.2, 0) is 13.1 Å². The van der Waals surface area contributed by atoms with E-state index in [2.05, 4.69) is 46.1 Å². The molecule has 2 heterocycles. The highest BCUT2D eigenvalue weighted by Crippen LogP contribution is 2.28. The molecule has 3 rings (SSSR count). The Bertz CT molecular complexity index is 866. The minimum atomic E-state index is 0. The normalized spacial score (nSPS) is 14.9. The Balaban J connectivity index is 0.00000341. The number of methoxy groups -OCH3 is 2. The van der Waals surface area contributed by atoms with E-state index in [0.29, 0.717) is 6.54 Å². The van der Waals surface area contributed by atoms with E-state index in [1.165, 1.54) is 10.4 Å². The summed E-state index contributed by atoms with van der Waals surface area (Å²) >= 11 is 1.74. The molecular formula is C22H34IN5O2S. The molecule has 1 aliphatic rings. The summed E-state index contributed by atoms with van der Waals surface area (Å²) in [4.78, 5) is 15.5. The molecule has 1 aliphatic heterocycles. The molecule has 0 amide bonds. The topological polar surface area (TPSA) is 62.2 Å². The van der Waals surface area contributed by atoms with E-state index in [9.17, 15) is 0 Å². The van der Waals surface area contributed by atoms with Crippen LogP contribution in [0.5, 0.6) is 11.5 Å². The van der Waals surface area contributed by atoms with Crippen molar-refractivity contribution in [2.24, 2.45) is 4.99 Å². The molecule has 0 spiro atoms. The summed E-state index contributed by atoms with van der Waals surface area (Å²) in [6, 6.07) is 6.15. The standard InChI is InChI=1S/C22H33N5O2S.HI/c1-6-23-22(24-14-21-16(2)25-17(3)30-21)27-11-9-26(10-12-27)15-18-7-8-19(28-4)20(13-18)29-5;/h7-8,13H,6,9-12,14-15H2,1-5H3,(H,23,24);1H. The Morgan fingerprint density at radius 1 is 1.13 bits per heavy atom. The molecule has 7 nitrogen and oxygen atoms in total. The molecule has 0 atom stereocenters. The van der Waals surface area contributed by atoms with E-state index >= 15 is 0 Å². The Kier molecular flexibility index (Phi) is 10.3. The van der Waals surface area contributed by atoms with Gasteiger partial charge in [-0.1, -0.05) is 6.07 Å².